The minimum Gasteiger partial charge on any atom is -0.286 e. The average Bonchev–Trinajstić information content (AvgIpc) is 2.65. The summed E-state index contributed by atoms with van der Waals surface area (Å²) in [7, 11) is 0. The van der Waals surface area contributed by atoms with Crippen LogP contribution in [0.5, 0.6) is 0 Å². The van der Waals surface area contributed by atoms with Crippen molar-refractivity contribution in [2.45, 2.75) is 12.8 Å². The van der Waals surface area contributed by atoms with Gasteiger partial charge in [0.15, 0.2) is 0 Å². The van der Waals surface area contributed by atoms with Gasteiger partial charge in [0, 0.05) is 13.0 Å². The fraction of sp³-hybridized carbons (Fsp3) is 0.375. The van der Waals surface area contributed by atoms with Crippen LogP contribution in [-0.4, -0.2) is 17.5 Å². The van der Waals surface area contributed by atoms with Crippen molar-refractivity contribution in [3.63, 3.8) is 0 Å². The van der Waals surface area contributed by atoms with E-state index in [1.807, 2.05) is 17.5 Å². The standard InChI is InChI=1S/C8H10N2OS/c11-8-4-1-5-10(8)9-7-3-2-6-12-7/h2-3,6,9H,1,4-5H2. The third-order valence-electron chi connectivity index (χ3n) is 1.84. The number of rotatable bonds is 2. The molecule has 0 spiro atoms. The fourth-order valence-corrected chi connectivity index (χ4v) is 1.87. The van der Waals surface area contributed by atoms with Gasteiger partial charge in [-0.1, -0.05) is 0 Å². The molecule has 1 fully saturated rings. The van der Waals surface area contributed by atoms with E-state index in [4.69, 9.17) is 0 Å². The van der Waals surface area contributed by atoms with Crippen molar-refractivity contribution < 1.29 is 4.79 Å². The highest BCUT2D eigenvalue weighted by atomic mass is 32.1. The van der Waals surface area contributed by atoms with Crippen molar-refractivity contribution in [2.75, 3.05) is 12.0 Å². The van der Waals surface area contributed by atoms with Crippen molar-refractivity contribution in [3.05, 3.63) is 17.5 Å². The lowest BCUT2D eigenvalue weighted by atomic mass is 10.4. The lowest BCUT2D eigenvalue weighted by molar-refractivity contribution is -0.126. The summed E-state index contributed by atoms with van der Waals surface area (Å²) in [6, 6.07) is 3.93. The molecule has 0 bridgehead atoms. The summed E-state index contributed by atoms with van der Waals surface area (Å²) in [6.07, 6.45) is 1.65. The number of amides is 1. The smallest absolute Gasteiger partial charge is 0.240 e. The normalized spacial score (nSPS) is 17.0. The Morgan fingerprint density at radius 1 is 1.58 bits per heavy atom. The highest BCUT2D eigenvalue weighted by molar-refractivity contribution is 7.14. The molecule has 4 heteroatoms. The molecule has 1 saturated heterocycles. The van der Waals surface area contributed by atoms with Crippen molar-refractivity contribution in [1.29, 1.82) is 0 Å². The van der Waals surface area contributed by atoms with Crippen molar-refractivity contribution in [2.24, 2.45) is 0 Å². The van der Waals surface area contributed by atoms with E-state index in [0.29, 0.717) is 6.42 Å². The van der Waals surface area contributed by atoms with Gasteiger partial charge < -0.3 is 0 Å². The Balaban J connectivity index is 1.99. The Morgan fingerprint density at radius 3 is 3.08 bits per heavy atom. The molecule has 2 heterocycles. The largest absolute Gasteiger partial charge is 0.286 e. The molecule has 1 amide bonds. The number of hydrogen-bond donors (Lipinski definition) is 1. The zero-order valence-electron chi connectivity index (χ0n) is 6.62. The van der Waals surface area contributed by atoms with Crippen LogP contribution in [0.3, 0.4) is 0 Å². The number of nitrogens with zero attached hydrogens (tertiary/aromatic N) is 1. The topological polar surface area (TPSA) is 32.3 Å². The number of anilines is 1. The molecule has 0 aliphatic carbocycles. The van der Waals surface area contributed by atoms with Gasteiger partial charge in [-0.25, -0.2) is 0 Å². The van der Waals surface area contributed by atoms with E-state index in [-0.39, 0.29) is 5.91 Å². The summed E-state index contributed by atoms with van der Waals surface area (Å²) in [6.45, 7) is 0.830. The van der Waals surface area contributed by atoms with E-state index in [2.05, 4.69) is 5.43 Å². The lowest BCUT2D eigenvalue weighted by Crippen LogP contribution is -2.30. The van der Waals surface area contributed by atoms with E-state index in [9.17, 15) is 4.79 Å². The number of hydrogen-bond acceptors (Lipinski definition) is 3. The molecule has 1 aliphatic rings. The molecule has 0 unspecified atom stereocenters. The van der Waals surface area contributed by atoms with Crippen LogP contribution < -0.4 is 5.43 Å². The first-order chi connectivity index (χ1) is 5.86. The molecule has 0 saturated carbocycles. The second-order valence-electron chi connectivity index (χ2n) is 2.74. The summed E-state index contributed by atoms with van der Waals surface area (Å²) >= 11 is 1.61. The SMILES string of the molecule is O=C1CCCN1Nc1cccs1. The molecule has 0 atom stereocenters. The summed E-state index contributed by atoms with van der Waals surface area (Å²) in [5, 5.41) is 4.71. The van der Waals surface area contributed by atoms with Crippen LogP contribution in [0.2, 0.25) is 0 Å². The van der Waals surface area contributed by atoms with Gasteiger partial charge in [0.2, 0.25) is 5.91 Å². The van der Waals surface area contributed by atoms with Gasteiger partial charge in [-0.2, -0.15) is 0 Å². The van der Waals surface area contributed by atoms with Gasteiger partial charge in [0.05, 0.1) is 0 Å². The fourth-order valence-electron chi connectivity index (χ4n) is 1.24. The number of thiophene rings is 1. The predicted molar refractivity (Wildman–Crippen MR) is 48.9 cm³/mol. The van der Waals surface area contributed by atoms with Crippen molar-refractivity contribution in [1.82, 2.24) is 5.01 Å². The number of hydrazine groups is 1. The van der Waals surface area contributed by atoms with Gasteiger partial charge in [-0.3, -0.25) is 15.2 Å². The molecular formula is C8H10N2OS. The molecule has 1 aromatic heterocycles. The third-order valence-corrected chi connectivity index (χ3v) is 2.61. The van der Waals surface area contributed by atoms with E-state index in [1.54, 1.807) is 16.3 Å². The third kappa shape index (κ3) is 1.43. The van der Waals surface area contributed by atoms with Gasteiger partial charge in [0.1, 0.15) is 5.00 Å². The molecular weight excluding hydrogens is 172 g/mol. The van der Waals surface area contributed by atoms with E-state index in [0.717, 1.165) is 18.0 Å². The van der Waals surface area contributed by atoms with E-state index >= 15 is 0 Å². The summed E-state index contributed by atoms with van der Waals surface area (Å²) < 4.78 is 0. The maximum atomic E-state index is 11.2. The van der Waals surface area contributed by atoms with Gasteiger partial charge >= 0.3 is 0 Å². The second-order valence-corrected chi connectivity index (χ2v) is 3.69. The van der Waals surface area contributed by atoms with Crippen LogP contribution in [0.25, 0.3) is 0 Å². The minimum absolute atomic E-state index is 0.198. The van der Waals surface area contributed by atoms with Gasteiger partial charge in [0.25, 0.3) is 0 Å². The monoisotopic (exact) mass is 182 g/mol. The van der Waals surface area contributed by atoms with Crippen LogP contribution in [0.4, 0.5) is 5.00 Å². The molecule has 3 nitrogen and oxygen atoms in total. The molecule has 0 radical (unpaired) electrons. The predicted octanol–water partition coefficient (Wildman–Crippen LogP) is 1.70. The Hall–Kier alpha value is -1.03. The van der Waals surface area contributed by atoms with Crippen LogP contribution in [0.15, 0.2) is 17.5 Å². The average molecular weight is 182 g/mol. The first-order valence-electron chi connectivity index (χ1n) is 3.97. The Labute approximate surface area is 75.0 Å². The maximum absolute atomic E-state index is 11.2. The number of carbonyl (C=O) groups excluding carboxylic acids is 1. The molecule has 1 aromatic rings. The second kappa shape index (κ2) is 3.15. The lowest BCUT2D eigenvalue weighted by Gasteiger charge is -2.16. The van der Waals surface area contributed by atoms with Crippen molar-refractivity contribution in [3.8, 4) is 0 Å². The number of nitrogens with one attached hydrogen (secondary N) is 1. The first kappa shape index (κ1) is 7.61. The highest BCUT2D eigenvalue weighted by Gasteiger charge is 2.19. The van der Waals surface area contributed by atoms with Gasteiger partial charge in [-0.05, 0) is 23.9 Å². The summed E-state index contributed by atoms with van der Waals surface area (Å²) in [5.74, 6) is 0.198. The Morgan fingerprint density at radius 2 is 2.50 bits per heavy atom. The molecule has 1 aliphatic heterocycles. The molecule has 2 rings (SSSR count). The Kier molecular flexibility index (Phi) is 1.99. The molecule has 1 N–H and O–H groups in total. The van der Waals surface area contributed by atoms with E-state index < -0.39 is 0 Å². The summed E-state index contributed by atoms with van der Waals surface area (Å²) in [5.41, 5.74) is 3.07. The van der Waals surface area contributed by atoms with Crippen molar-refractivity contribution >= 4 is 22.2 Å². The maximum Gasteiger partial charge on any atom is 0.240 e. The quantitative estimate of drug-likeness (QED) is 0.755. The molecule has 0 aromatic carbocycles. The van der Waals surface area contributed by atoms with Crippen LogP contribution in [0.1, 0.15) is 12.8 Å². The van der Waals surface area contributed by atoms with Crippen LogP contribution >= 0.6 is 11.3 Å². The summed E-state index contributed by atoms with van der Waals surface area (Å²) in [4.78, 5) is 11.2. The Bertz CT molecular complexity index is 271. The first-order valence-corrected chi connectivity index (χ1v) is 4.85. The highest BCUT2D eigenvalue weighted by Crippen LogP contribution is 2.18. The van der Waals surface area contributed by atoms with Crippen LogP contribution in [-0.2, 0) is 4.79 Å². The molecule has 12 heavy (non-hydrogen) atoms. The minimum atomic E-state index is 0.198. The van der Waals surface area contributed by atoms with E-state index in [1.165, 1.54) is 0 Å². The zero-order chi connectivity index (χ0) is 8.39. The van der Waals surface area contributed by atoms with Gasteiger partial charge in [-0.15, -0.1) is 11.3 Å². The molecule has 64 valence electrons. The zero-order valence-corrected chi connectivity index (χ0v) is 7.43. The van der Waals surface area contributed by atoms with Crippen LogP contribution in [0, 0.1) is 0 Å². The number of carbonyl (C=O) groups is 1.